The van der Waals surface area contributed by atoms with Crippen LogP contribution >= 0.6 is 23.2 Å². The third kappa shape index (κ3) is 4.77. The fourth-order valence-corrected chi connectivity index (χ4v) is 3.43. The molecule has 0 unspecified atom stereocenters. The van der Waals surface area contributed by atoms with E-state index in [0.29, 0.717) is 33.9 Å². The number of carbonyl (C=O) groups is 1. The van der Waals surface area contributed by atoms with Crippen LogP contribution in [0.15, 0.2) is 12.1 Å². The number of benzene rings is 1. The molecule has 1 fully saturated rings. The van der Waals surface area contributed by atoms with Crippen LogP contribution in [-0.4, -0.2) is 30.9 Å². The molecular weight excluding hydrogens is 309 g/mol. The molecule has 2 rings (SSSR count). The molecule has 116 valence electrons. The zero-order chi connectivity index (χ0) is 15.4. The second-order valence-corrected chi connectivity index (χ2v) is 6.57. The lowest BCUT2D eigenvalue weighted by molar-refractivity contribution is -0.117. The summed E-state index contributed by atoms with van der Waals surface area (Å²) in [5, 5.41) is 3.47. The SMILES string of the molecule is CN(CC(=O)Nc1c(Cl)cc(N)cc1Cl)CC1CCCC1. The van der Waals surface area contributed by atoms with Gasteiger partial charge in [0.05, 0.1) is 22.3 Å². The van der Waals surface area contributed by atoms with Crippen molar-refractivity contribution in [1.29, 1.82) is 0 Å². The molecule has 1 aromatic rings. The molecule has 0 saturated heterocycles. The summed E-state index contributed by atoms with van der Waals surface area (Å²) < 4.78 is 0. The van der Waals surface area contributed by atoms with E-state index >= 15 is 0 Å². The van der Waals surface area contributed by atoms with Gasteiger partial charge in [-0.2, -0.15) is 0 Å². The van der Waals surface area contributed by atoms with Crippen molar-refractivity contribution in [1.82, 2.24) is 4.90 Å². The van der Waals surface area contributed by atoms with Crippen LogP contribution in [0, 0.1) is 5.92 Å². The highest BCUT2D eigenvalue weighted by atomic mass is 35.5. The van der Waals surface area contributed by atoms with Crippen molar-refractivity contribution >= 4 is 40.5 Å². The van der Waals surface area contributed by atoms with Crippen LogP contribution < -0.4 is 11.1 Å². The van der Waals surface area contributed by atoms with Gasteiger partial charge in [-0.25, -0.2) is 0 Å². The minimum Gasteiger partial charge on any atom is -0.399 e. The van der Waals surface area contributed by atoms with E-state index in [1.807, 2.05) is 11.9 Å². The molecule has 0 heterocycles. The maximum atomic E-state index is 12.1. The van der Waals surface area contributed by atoms with Crippen LogP contribution in [0.2, 0.25) is 10.0 Å². The number of nitrogens with zero attached hydrogens (tertiary/aromatic N) is 1. The Bertz CT molecular complexity index is 493. The van der Waals surface area contributed by atoms with Gasteiger partial charge >= 0.3 is 0 Å². The topological polar surface area (TPSA) is 58.4 Å². The van der Waals surface area contributed by atoms with Crippen molar-refractivity contribution in [3.8, 4) is 0 Å². The van der Waals surface area contributed by atoms with Crippen LogP contribution in [0.4, 0.5) is 11.4 Å². The van der Waals surface area contributed by atoms with E-state index in [1.54, 1.807) is 12.1 Å². The summed E-state index contributed by atoms with van der Waals surface area (Å²) in [5.41, 5.74) is 6.54. The molecule has 1 aliphatic carbocycles. The van der Waals surface area contributed by atoms with Gasteiger partial charge in [-0.1, -0.05) is 36.0 Å². The second kappa shape index (κ2) is 7.34. The molecule has 3 N–H and O–H groups in total. The highest BCUT2D eigenvalue weighted by Gasteiger charge is 2.18. The Morgan fingerprint density at radius 1 is 1.33 bits per heavy atom. The summed E-state index contributed by atoms with van der Waals surface area (Å²) in [6, 6.07) is 3.15. The van der Waals surface area contributed by atoms with Crippen molar-refractivity contribution in [2.24, 2.45) is 5.92 Å². The number of nitrogens with two attached hydrogens (primary N) is 1. The monoisotopic (exact) mass is 329 g/mol. The lowest BCUT2D eigenvalue weighted by Gasteiger charge is -2.20. The van der Waals surface area contributed by atoms with Crippen molar-refractivity contribution in [2.45, 2.75) is 25.7 Å². The minimum atomic E-state index is -0.121. The standard InChI is InChI=1S/C15H21Cl2N3O/c1-20(8-10-4-2-3-5-10)9-14(21)19-15-12(16)6-11(18)7-13(15)17/h6-7,10H,2-5,8-9,18H2,1H3,(H,19,21). The first-order valence-corrected chi connectivity index (χ1v) is 7.94. The van der Waals surface area contributed by atoms with Crippen LogP contribution in [0.25, 0.3) is 0 Å². The van der Waals surface area contributed by atoms with E-state index in [9.17, 15) is 4.79 Å². The highest BCUT2D eigenvalue weighted by Crippen LogP contribution is 2.32. The third-order valence-corrected chi connectivity index (χ3v) is 4.38. The first kappa shape index (κ1) is 16.4. The van der Waals surface area contributed by atoms with Crippen LogP contribution in [0.5, 0.6) is 0 Å². The number of halogens is 2. The smallest absolute Gasteiger partial charge is 0.238 e. The van der Waals surface area contributed by atoms with Gasteiger partial charge in [0.15, 0.2) is 0 Å². The van der Waals surface area contributed by atoms with E-state index in [0.717, 1.165) is 6.54 Å². The third-order valence-electron chi connectivity index (χ3n) is 3.79. The lowest BCUT2D eigenvalue weighted by Crippen LogP contribution is -2.33. The van der Waals surface area contributed by atoms with Gasteiger partial charge in [0.1, 0.15) is 0 Å². The summed E-state index contributed by atoms with van der Waals surface area (Å²) in [4.78, 5) is 14.1. The molecule has 4 nitrogen and oxygen atoms in total. The van der Waals surface area contributed by atoms with Crippen LogP contribution in [0.1, 0.15) is 25.7 Å². The number of anilines is 2. The van der Waals surface area contributed by atoms with Gasteiger partial charge in [0.25, 0.3) is 0 Å². The lowest BCUT2D eigenvalue weighted by atomic mass is 10.1. The highest BCUT2D eigenvalue weighted by molar-refractivity contribution is 6.40. The van der Waals surface area contributed by atoms with E-state index in [1.165, 1.54) is 25.7 Å². The Hall–Kier alpha value is -0.970. The van der Waals surface area contributed by atoms with Crippen molar-refractivity contribution in [3.63, 3.8) is 0 Å². The van der Waals surface area contributed by atoms with Crippen molar-refractivity contribution in [3.05, 3.63) is 22.2 Å². The number of nitrogen functional groups attached to an aromatic ring is 1. The molecule has 6 heteroatoms. The summed E-state index contributed by atoms with van der Waals surface area (Å²) in [7, 11) is 1.96. The minimum absolute atomic E-state index is 0.121. The Morgan fingerprint density at radius 2 is 1.90 bits per heavy atom. The molecule has 1 aromatic carbocycles. The number of hydrogen-bond donors (Lipinski definition) is 2. The fourth-order valence-electron chi connectivity index (χ4n) is 2.83. The molecule has 0 atom stereocenters. The molecule has 21 heavy (non-hydrogen) atoms. The number of hydrogen-bond acceptors (Lipinski definition) is 3. The molecule has 0 radical (unpaired) electrons. The maximum absolute atomic E-state index is 12.1. The average Bonchev–Trinajstić information content (AvgIpc) is 2.86. The summed E-state index contributed by atoms with van der Waals surface area (Å²) in [6.45, 7) is 1.28. The Morgan fingerprint density at radius 3 is 2.48 bits per heavy atom. The summed E-state index contributed by atoms with van der Waals surface area (Å²) in [5.74, 6) is 0.593. The molecule has 1 saturated carbocycles. The Labute approximate surface area is 135 Å². The summed E-state index contributed by atoms with van der Waals surface area (Å²) in [6.07, 6.45) is 5.14. The van der Waals surface area contributed by atoms with Crippen molar-refractivity contribution < 1.29 is 4.79 Å². The predicted molar refractivity (Wildman–Crippen MR) is 89.0 cm³/mol. The number of amides is 1. The molecule has 0 aliphatic heterocycles. The number of likely N-dealkylation sites (N-methyl/N-ethyl adjacent to an activating group) is 1. The molecule has 0 spiro atoms. The Balaban J connectivity index is 1.89. The van der Waals surface area contributed by atoms with Gasteiger partial charge < -0.3 is 11.1 Å². The fraction of sp³-hybridized carbons (Fsp3) is 0.533. The molecule has 1 amide bonds. The molecule has 1 aliphatic rings. The molecule has 0 bridgehead atoms. The van der Waals surface area contributed by atoms with Gasteiger partial charge in [-0.3, -0.25) is 9.69 Å². The Kier molecular flexibility index (Phi) is 5.73. The van der Waals surface area contributed by atoms with E-state index in [2.05, 4.69) is 5.32 Å². The zero-order valence-electron chi connectivity index (χ0n) is 12.2. The normalized spacial score (nSPS) is 15.6. The van der Waals surface area contributed by atoms with Crippen molar-refractivity contribution in [2.75, 3.05) is 31.2 Å². The maximum Gasteiger partial charge on any atom is 0.238 e. The van der Waals surface area contributed by atoms with Gasteiger partial charge in [0, 0.05) is 12.2 Å². The first-order valence-electron chi connectivity index (χ1n) is 7.18. The largest absolute Gasteiger partial charge is 0.399 e. The molecular formula is C15H21Cl2N3O. The summed E-state index contributed by atoms with van der Waals surface area (Å²) >= 11 is 12.1. The zero-order valence-corrected chi connectivity index (χ0v) is 13.7. The molecule has 0 aromatic heterocycles. The number of nitrogens with one attached hydrogen (secondary N) is 1. The quantitative estimate of drug-likeness (QED) is 0.811. The van der Waals surface area contributed by atoms with E-state index in [-0.39, 0.29) is 5.91 Å². The van der Waals surface area contributed by atoms with Gasteiger partial charge in [-0.15, -0.1) is 0 Å². The van der Waals surface area contributed by atoms with Crippen LogP contribution in [0.3, 0.4) is 0 Å². The number of carbonyl (C=O) groups excluding carboxylic acids is 1. The second-order valence-electron chi connectivity index (χ2n) is 5.75. The van der Waals surface area contributed by atoms with E-state index < -0.39 is 0 Å². The van der Waals surface area contributed by atoms with Gasteiger partial charge in [-0.05, 0) is 37.9 Å². The average molecular weight is 330 g/mol. The van der Waals surface area contributed by atoms with E-state index in [4.69, 9.17) is 28.9 Å². The van der Waals surface area contributed by atoms with Crippen LogP contribution in [-0.2, 0) is 4.79 Å². The van der Waals surface area contributed by atoms with Gasteiger partial charge in [0.2, 0.25) is 5.91 Å². The predicted octanol–water partition coefficient (Wildman–Crippen LogP) is 3.64. The number of rotatable bonds is 5. The first-order chi connectivity index (χ1) is 9.95.